The van der Waals surface area contributed by atoms with Gasteiger partial charge in [-0.25, -0.2) is 4.79 Å². The van der Waals surface area contributed by atoms with Crippen LogP contribution in [0.25, 0.3) is 6.08 Å². The van der Waals surface area contributed by atoms with Crippen molar-refractivity contribution in [2.75, 3.05) is 12.4 Å². The molecule has 0 unspecified atom stereocenters. The van der Waals surface area contributed by atoms with Crippen molar-refractivity contribution in [3.63, 3.8) is 0 Å². The highest BCUT2D eigenvalue weighted by Gasteiger charge is 2.15. The van der Waals surface area contributed by atoms with Gasteiger partial charge in [-0.05, 0) is 30.3 Å². The molecule has 0 aliphatic heterocycles. The number of ether oxygens (including phenoxy) is 1. The van der Waals surface area contributed by atoms with Crippen molar-refractivity contribution in [1.29, 1.82) is 5.26 Å². The van der Waals surface area contributed by atoms with E-state index in [9.17, 15) is 25.0 Å². The van der Waals surface area contributed by atoms with E-state index in [1.165, 1.54) is 49.6 Å². The molecule has 0 atom stereocenters. The van der Waals surface area contributed by atoms with E-state index in [4.69, 9.17) is 9.84 Å². The van der Waals surface area contributed by atoms with Gasteiger partial charge in [0.15, 0.2) is 0 Å². The summed E-state index contributed by atoms with van der Waals surface area (Å²) in [5, 5.41) is 31.6. The zero-order valence-corrected chi connectivity index (χ0v) is 14.0. The van der Waals surface area contributed by atoms with Crippen LogP contribution in [0.2, 0.25) is 0 Å². The van der Waals surface area contributed by atoms with Crippen molar-refractivity contribution >= 4 is 29.3 Å². The minimum Gasteiger partial charge on any atom is -0.496 e. The van der Waals surface area contributed by atoms with Crippen LogP contribution in [0, 0.1) is 21.4 Å². The largest absolute Gasteiger partial charge is 0.496 e. The number of carboxylic acids is 1. The predicted octanol–water partition coefficient (Wildman–Crippen LogP) is 2.85. The molecule has 0 saturated carbocycles. The van der Waals surface area contributed by atoms with Crippen LogP contribution in [0.5, 0.6) is 5.75 Å². The topological polar surface area (TPSA) is 143 Å². The first-order valence-electron chi connectivity index (χ1n) is 7.44. The van der Waals surface area contributed by atoms with Crippen LogP contribution in [-0.2, 0) is 4.79 Å². The Morgan fingerprint density at radius 2 is 2.04 bits per heavy atom. The summed E-state index contributed by atoms with van der Waals surface area (Å²) in [6.45, 7) is 0. The smallest absolute Gasteiger partial charge is 0.335 e. The summed E-state index contributed by atoms with van der Waals surface area (Å²) in [4.78, 5) is 33.6. The van der Waals surface area contributed by atoms with E-state index in [2.05, 4.69) is 5.32 Å². The van der Waals surface area contributed by atoms with Crippen LogP contribution in [0.1, 0.15) is 15.9 Å². The summed E-state index contributed by atoms with van der Waals surface area (Å²) in [5.74, 6) is -1.72. The molecular formula is C18H13N3O6. The Balaban J connectivity index is 2.36. The lowest BCUT2D eigenvalue weighted by Gasteiger charge is -2.07. The molecule has 9 heteroatoms. The summed E-state index contributed by atoms with van der Waals surface area (Å²) < 4.78 is 5.09. The predicted molar refractivity (Wildman–Crippen MR) is 95.3 cm³/mol. The Kier molecular flexibility index (Phi) is 5.86. The van der Waals surface area contributed by atoms with Crippen molar-refractivity contribution in [2.24, 2.45) is 0 Å². The number of carboxylic acid groups (broad SMARTS) is 1. The van der Waals surface area contributed by atoms with Gasteiger partial charge in [-0.2, -0.15) is 5.26 Å². The second kappa shape index (κ2) is 8.26. The van der Waals surface area contributed by atoms with E-state index in [0.29, 0.717) is 0 Å². The summed E-state index contributed by atoms with van der Waals surface area (Å²) in [6.07, 6.45) is 1.15. The van der Waals surface area contributed by atoms with Gasteiger partial charge in [-0.1, -0.05) is 6.07 Å². The normalized spacial score (nSPS) is 10.6. The first-order valence-corrected chi connectivity index (χ1v) is 7.44. The molecule has 0 aliphatic rings. The number of nitrogens with one attached hydrogen (secondary N) is 1. The van der Waals surface area contributed by atoms with Crippen LogP contribution < -0.4 is 10.1 Å². The van der Waals surface area contributed by atoms with Gasteiger partial charge in [0.1, 0.15) is 17.4 Å². The second-order valence-corrected chi connectivity index (χ2v) is 5.19. The number of methoxy groups -OCH3 is 1. The maximum atomic E-state index is 12.3. The maximum Gasteiger partial charge on any atom is 0.335 e. The minimum atomic E-state index is -1.16. The third-order valence-corrected chi connectivity index (χ3v) is 3.46. The fraction of sp³-hybridized carbons (Fsp3) is 0.0556. The van der Waals surface area contributed by atoms with Gasteiger partial charge in [0.25, 0.3) is 11.6 Å². The number of hydrogen-bond acceptors (Lipinski definition) is 6. The average molecular weight is 367 g/mol. The highest BCUT2D eigenvalue weighted by atomic mass is 16.6. The molecule has 1 amide bonds. The van der Waals surface area contributed by atoms with Gasteiger partial charge in [0.2, 0.25) is 0 Å². The van der Waals surface area contributed by atoms with Gasteiger partial charge >= 0.3 is 5.97 Å². The van der Waals surface area contributed by atoms with E-state index >= 15 is 0 Å². The quantitative estimate of drug-likeness (QED) is 0.346. The summed E-state index contributed by atoms with van der Waals surface area (Å²) >= 11 is 0. The van der Waals surface area contributed by atoms with Crippen LogP contribution in [-0.4, -0.2) is 29.0 Å². The molecule has 0 aliphatic carbocycles. The van der Waals surface area contributed by atoms with E-state index in [1.807, 2.05) is 0 Å². The number of carbonyl (C=O) groups is 2. The number of nitro groups is 1. The fourth-order valence-electron chi connectivity index (χ4n) is 2.18. The molecule has 2 N–H and O–H groups in total. The molecule has 0 bridgehead atoms. The molecule has 0 heterocycles. The molecule has 0 saturated heterocycles. The molecule has 2 aromatic carbocycles. The molecule has 27 heavy (non-hydrogen) atoms. The Bertz CT molecular complexity index is 991. The molecular weight excluding hydrogens is 354 g/mol. The highest BCUT2D eigenvalue weighted by Crippen LogP contribution is 2.26. The van der Waals surface area contributed by atoms with Gasteiger partial charge in [0.05, 0.1) is 17.6 Å². The average Bonchev–Trinajstić information content (AvgIpc) is 2.65. The summed E-state index contributed by atoms with van der Waals surface area (Å²) in [6, 6.07) is 11.0. The number of rotatable bonds is 6. The lowest BCUT2D eigenvalue weighted by Crippen LogP contribution is -2.14. The first kappa shape index (κ1) is 19.1. The molecule has 0 aromatic heterocycles. The maximum absolute atomic E-state index is 12.3. The van der Waals surface area contributed by atoms with E-state index in [-0.39, 0.29) is 33.8 Å². The standard InChI is InChI=1S/C18H13N3O6/c1-27-16-6-5-15(21(25)26)9-12(16)7-13(10-19)17(22)20-14-4-2-3-11(8-14)18(23)24/h2-9H,1H3,(H,20,22)(H,23,24). The third kappa shape index (κ3) is 4.67. The number of anilines is 1. The molecule has 9 nitrogen and oxygen atoms in total. The van der Waals surface area contributed by atoms with Gasteiger partial charge in [-0.15, -0.1) is 0 Å². The molecule has 136 valence electrons. The number of carbonyl (C=O) groups excluding carboxylic acids is 1. The summed E-state index contributed by atoms with van der Waals surface area (Å²) in [5.41, 5.74) is -0.233. The Morgan fingerprint density at radius 3 is 2.63 bits per heavy atom. The third-order valence-electron chi connectivity index (χ3n) is 3.46. The van der Waals surface area contributed by atoms with Crippen molar-refractivity contribution in [3.05, 3.63) is 69.3 Å². The number of nitriles is 1. The molecule has 2 rings (SSSR count). The lowest BCUT2D eigenvalue weighted by molar-refractivity contribution is -0.384. The zero-order chi connectivity index (χ0) is 20.0. The Labute approximate surface area is 153 Å². The Morgan fingerprint density at radius 1 is 1.30 bits per heavy atom. The number of amides is 1. The number of benzene rings is 2. The van der Waals surface area contributed by atoms with Crippen molar-refractivity contribution < 1.29 is 24.4 Å². The first-order chi connectivity index (χ1) is 12.8. The van der Waals surface area contributed by atoms with Crippen molar-refractivity contribution in [2.45, 2.75) is 0 Å². The minimum absolute atomic E-state index is 0.0318. The Hall–Kier alpha value is -4.19. The van der Waals surface area contributed by atoms with Crippen LogP contribution >= 0.6 is 0 Å². The molecule has 0 spiro atoms. The monoisotopic (exact) mass is 367 g/mol. The van der Waals surface area contributed by atoms with E-state index in [0.717, 1.165) is 6.08 Å². The molecule has 2 aromatic rings. The van der Waals surface area contributed by atoms with Crippen LogP contribution in [0.4, 0.5) is 11.4 Å². The zero-order valence-electron chi connectivity index (χ0n) is 14.0. The van der Waals surface area contributed by atoms with Gasteiger partial charge in [0, 0.05) is 23.4 Å². The number of nitrogens with zero attached hydrogens (tertiary/aromatic N) is 2. The molecule has 0 fully saturated rings. The van der Waals surface area contributed by atoms with E-state index in [1.54, 1.807) is 6.07 Å². The SMILES string of the molecule is COc1ccc([N+](=O)[O-])cc1C=C(C#N)C(=O)Nc1cccc(C(=O)O)c1. The summed E-state index contributed by atoms with van der Waals surface area (Å²) in [7, 11) is 1.35. The lowest BCUT2D eigenvalue weighted by atomic mass is 10.1. The van der Waals surface area contributed by atoms with E-state index < -0.39 is 16.8 Å². The molecule has 0 radical (unpaired) electrons. The fourth-order valence-corrected chi connectivity index (χ4v) is 2.18. The number of non-ortho nitro benzene ring substituents is 1. The van der Waals surface area contributed by atoms with Crippen LogP contribution in [0.3, 0.4) is 0 Å². The van der Waals surface area contributed by atoms with Crippen molar-refractivity contribution in [3.8, 4) is 11.8 Å². The van der Waals surface area contributed by atoms with Gasteiger partial charge < -0.3 is 15.2 Å². The highest BCUT2D eigenvalue weighted by molar-refractivity contribution is 6.10. The number of aromatic carboxylic acids is 1. The van der Waals surface area contributed by atoms with Crippen molar-refractivity contribution in [1.82, 2.24) is 0 Å². The van der Waals surface area contributed by atoms with Gasteiger partial charge in [-0.3, -0.25) is 14.9 Å². The second-order valence-electron chi connectivity index (χ2n) is 5.19. The number of nitro benzene ring substituents is 1. The number of hydrogen-bond donors (Lipinski definition) is 2. The van der Waals surface area contributed by atoms with Crippen LogP contribution in [0.15, 0.2) is 48.0 Å².